The van der Waals surface area contributed by atoms with Crippen LogP contribution in [-0.4, -0.2) is 82.1 Å². The van der Waals surface area contributed by atoms with Crippen molar-refractivity contribution in [1.82, 2.24) is 10.1 Å². The molecule has 0 bridgehead atoms. The van der Waals surface area contributed by atoms with Gasteiger partial charge >= 0.3 is 11.9 Å². The van der Waals surface area contributed by atoms with Crippen LogP contribution in [0.5, 0.6) is 0 Å². The van der Waals surface area contributed by atoms with Gasteiger partial charge in [-0.15, -0.1) is 10.1 Å². The average Bonchev–Trinajstić information content (AvgIpc) is 3.15. The molecule has 2 fully saturated rings. The second-order valence-electron chi connectivity index (χ2n) is 7.31. The van der Waals surface area contributed by atoms with Crippen LogP contribution >= 0.6 is 0 Å². The molecule has 0 aromatic heterocycles. The first-order chi connectivity index (χ1) is 15.6. The Morgan fingerprint density at radius 3 is 1.29 bits per heavy atom. The van der Waals surface area contributed by atoms with Crippen molar-refractivity contribution in [2.24, 2.45) is 0 Å². The number of amides is 4. The van der Waals surface area contributed by atoms with Gasteiger partial charge in [-0.1, -0.05) is 12.8 Å². The van der Waals surface area contributed by atoms with Crippen LogP contribution < -0.4 is 0 Å². The lowest BCUT2D eigenvalue weighted by Crippen LogP contribution is -2.36. The van der Waals surface area contributed by atoms with Crippen LogP contribution in [0.3, 0.4) is 0 Å². The fourth-order valence-corrected chi connectivity index (χ4v) is 4.42. The van der Waals surface area contributed by atoms with Crippen molar-refractivity contribution in [2.75, 3.05) is 0 Å². The van der Waals surface area contributed by atoms with Crippen molar-refractivity contribution < 1.29 is 64.4 Å². The van der Waals surface area contributed by atoms with Crippen molar-refractivity contribution in [1.29, 1.82) is 0 Å². The summed E-state index contributed by atoms with van der Waals surface area (Å²) in [5.74, 6) is -6.96. The zero-order chi connectivity index (χ0) is 25.8. The van der Waals surface area contributed by atoms with Gasteiger partial charge in [0.25, 0.3) is 43.9 Å². The molecule has 34 heavy (non-hydrogen) atoms. The summed E-state index contributed by atoms with van der Waals surface area (Å²) in [6, 6.07) is 0. The third-order valence-electron chi connectivity index (χ3n) is 4.74. The third kappa shape index (κ3) is 6.78. The SMILES string of the molecule is O=C(CCCCCCC(=O)ON1C(=O)C[C@@H](S(=O)(=O)O)C1=O)ON1C(=O)C[C@@H](S(=O)(=O)O)C1=O. The molecule has 2 N–H and O–H groups in total. The highest BCUT2D eigenvalue weighted by Crippen LogP contribution is 2.21. The van der Waals surface area contributed by atoms with Gasteiger partial charge < -0.3 is 9.68 Å². The highest BCUT2D eigenvalue weighted by Gasteiger charge is 2.49. The van der Waals surface area contributed by atoms with Crippen molar-refractivity contribution in [3.05, 3.63) is 0 Å². The smallest absolute Gasteiger partial charge is 0.330 e. The van der Waals surface area contributed by atoms with Crippen LogP contribution in [0.25, 0.3) is 0 Å². The molecule has 0 saturated carbocycles. The van der Waals surface area contributed by atoms with E-state index >= 15 is 0 Å². The minimum atomic E-state index is -4.83. The molecule has 18 heteroatoms. The maximum Gasteiger partial charge on any atom is 0.333 e. The van der Waals surface area contributed by atoms with E-state index in [0.29, 0.717) is 12.8 Å². The first-order valence-electron chi connectivity index (χ1n) is 9.70. The standard InChI is InChI=1S/C16H20N2O14S2/c19-11-7-9(33(25,26)27)15(23)17(11)31-13(21)5-3-1-2-4-6-14(22)32-18-12(20)8-10(16(18)24)34(28,29)30/h9-10H,1-8H2,(H,25,26,27)(H,28,29,30)/t9-,10-/m1/s1. The van der Waals surface area contributed by atoms with E-state index in [0.717, 1.165) is 0 Å². The Balaban J connectivity index is 1.65. The summed E-state index contributed by atoms with van der Waals surface area (Å²) in [7, 11) is -9.66. The summed E-state index contributed by atoms with van der Waals surface area (Å²) < 4.78 is 61.9. The number of hydrogen-bond acceptors (Lipinski definition) is 12. The Morgan fingerprint density at radius 1 is 0.706 bits per heavy atom. The number of hydroxylamine groups is 4. The molecule has 0 aliphatic carbocycles. The van der Waals surface area contributed by atoms with Gasteiger partial charge in [0.2, 0.25) is 0 Å². The normalized spacial score (nSPS) is 21.4. The maximum atomic E-state index is 11.8. The molecule has 0 aromatic rings. The van der Waals surface area contributed by atoms with Crippen LogP contribution in [0, 0.1) is 0 Å². The number of rotatable bonds is 11. The number of imide groups is 2. The first kappa shape index (κ1) is 27.3. The van der Waals surface area contributed by atoms with Crippen LogP contribution in [0.1, 0.15) is 51.4 Å². The van der Waals surface area contributed by atoms with Gasteiger partial charge in [0.05, 0.1) is 12.8 Å². The Kier molecular flexibility index (Phi) is 8.45. The van der Waals surface area contributed by atoms with Crippen LogP contribution in [-0.2, 0) is 58.7 Å². The van der Waals surface area contributed by atoms with E-state index in [1.54, 1.807) is 0 Å². The Labute approximate surface area is 192 Å². The van der Waals surface area contributed by atoms with Crippen LogP contribution in [0.4, 0.5) is 0 Å². The molecule has 2 aliphatic heterocycles. The lowest BCUT2D eigenvalue weighted by molar-refractivity contribution is -0.197. The average molecular weight is 528 g/mol. The molecule has 0 radical (unpaired) electrons. The molecule has 0 spiro atoms. The maximum absolute atomic E-state index is 11.8. The highest BCUT2D eigenvalue weighted by atomic mass is 32.2. The summed E-state index contributed by atoms with van der Waals surface area (Å²) in [4.78, 5) is 79.4. The molecule has 16 nitrogen and oxygen atoms in total. The zero-order valence-electron chi connectivity index (χ0n) is 17.3. The summed E-state index contributed by atoms with van der Waals surface area (Å²) in [5.41, 5.74) is 0. The van der Waals surface area contributed by atoms with Gasteiger partial charge in [0.15, 0.2) is 10.5 Å². The van der Waals surface area contributed by atoms with Crippen molar-refractivity contribution in [3.63, 3.8) is 0 Å². The molecule has 2 rings (SSSR count). The Bertz CT molecular complexity index is 1020. The quantitative estimate of drug-likeness (QED) is 0.172. The topological polar surface area (TPSA) is 236 Å². The first-order valence-corrected chi connectivity index (χ1v) is 12.7. The Hall–Kier alpha value is -2.96. The third-order valence-corrected chi connectivity index (χ3v) is 6.92. The monoisotopic (exact) mass is 528 g/mol. The predicted octanol–water partition coefficient (Wildman–Crippen LogP) is -1.73. The van der Waals surface area contributed by atoms with Crippen molar-refractivity contribution in [3.8, 4) is 0 Å². The largest absolute Gasteiger partial charge is 0.333 e. The molecule has 2 heterocycles. The fourth-order valence-electron chi connectivity index (χ4n) is 3.01. The van der Waals surface area contributed by atoms with E-state index in [4.69, 9.17) is 9.11 Å². The van der Waals surface area contributed by atoms with E-state index in [9.17, 15) is 45.6 Å². The molecule has 190 valence electrons. The van der Waals surface area contributed by atoms with E-state index < -0.39 is 79.1 Å². The van der Waals surface area contributed by atoms with Gasteiger partial charge in [-0.3, -0.25) is 28.3 Å². The van der Waals surface area contributed by atoms with E-state index in [1.807, 2.05) is 0 Å². The van der Waals surface area contributed by atoms with E-state index in [-0.39, 0.29) is 35.8 Å². The lowest BCUT2D eigenvalue weighted by atomic mass is 10.1. The van der Waals surface area contributed by atoms with E-state index in [2.05, 4.69) is 9.68 Å². The molecular formula is C16H20N2O14S2. The van der Waals surface area contributed by atoms with Gasteiger partial charge in [0, 0.05) is 12.8 Å². The van der Waals surface area contributed by atoms with Crippen molar-refractivity contribution >= 4 is 55.8 Å². The lowest BCUT2D eigenvalue weighted by Gasteiger charge is -2.13. The fraction of sp³-hybridized carbons (Fsp3) is 0.625. The minimum Gasteiger partial charge on any atom is -0.330 e. The number of carbonyl (C=O) groups excluding carboxylic acids is 6. The number of carbonyl (C=O) groups is 6. The van der Waals surface area contributed by atoms with Crippen LogP contribution in [0.2, 0.25) is 0 Å². The van der Waals surface area contributed by atoms with Crippen LogP contribution in [0.15, 0.2) is 0 Å². The molecule has 2 atom stereocenters. The van der Waals surface area contributed by atoms with Gasteiger partial charge in [-0.2, -0.15) is 16.8 Å². The number of hydrogen-bond donors (Lipinski definition) is 2. The summed E-state index contributed by atoms with van der Waals surface area (Å²) in [6.07, 6.45) is -1.10. The minimum absolute atomic E-state index is 0.00962. The Morgan fingerprint density at radius 2 is 1.03 bits per heavy atom. The molecule has 2 aliphatic rings. The summed E-state index contributed by atoms with van der Waals surface area (Å²) in [6.45, 7) is 0. The zero-order valence-corrected chi connectivity index (χ0v) is 18.9. The van der Waals surface area contributed by atoms with Gasteiger partial charge in [-0.05, 0) is 12.8 Å². The summed E-state index contributed by atoms with van der Waals surface area (Å²) >= 11 is 0. The summed E-state index contributed by atoms with van der Waals surface area (Å²) in [5, 5.41) is -4.08. The molecule has 0 aromatic carbocycles. The molecule has 4 amide bonds. The van der Waals surface area contributed by atoms with E-state index in [1.165, 1.54) is 0 Å². The molecule has 2 saturated heterocycles. The van der Waals surface area contributed by atoms with Crippen molar-refractivity contribution in [2.45, 2.75) is 61.9 Å². The predicted molar refractivity (Wildman–Crippen MR) is 103 cm³/mol. The second-order valence-corrected chi connectivity index (χ2v) is 10.5. The van der Waals surface area contributed by atoms with Gasteiger partial charge in [-0.25, -0.2) is 9.59 Å². The highest BCUT2D eigenvalue weighted by molar-refractivity contribution is 7.87. The second kappa shape index (κ2) is 10.5. The number of unbranched alkanes of at least 4 members (excludes halogenated alkanes) is 3. The number of nitrogens with zero attached hydrogens (tertiary/aromatic N) is 2. The van der Waals surface area contributed by atoms with Gasteiger partial charge in [0.1, 0.15) is 0 Å². The molecular weight excluding hydrogens is 508 g/mol. The molecule has 0 unspecified atom stereocenters.